The van der Waals surface area contributed by atoms with Gasteiger partial charge in [0.2, 0.25) is 0 Å². The first-order valence-electron chi connectivity index (χ1n) is 8.53. The zero-order chi connectivity index (χ0) is 21.8. The standard InChI is InChI=1S/C18H16ClFN6O4/c1-9(12-6-11(20)8-22-15(12)19)30-18(28)23-16-14(24-25-26(16)2)13-5-4-10(7-21-13)17(27)29-3/h4-9H,1-3H3,(H,23,28). The number of nitrogens with one attached hydrogen (secondary N) is 1. The average Bonchev–Trinajstić information content (AvgIpc) is 3.09. The summed E-state index contributed by atoms with van der Waals surface area (Å²) in [6, 6.07) is 4.18. The molecule has 0 aliphatic rings. The van der Waals surface area contributed by atoms with Crippen LogP contribution in [0.15, 0.2) is 30.6 Å². The molecule has 0 aromatic carbocycles. The van der Waals surface area contributed by atoms with Crippen molar-refractivity contribution in [1.29, 1.82) is 0 Å². The van der Waals surface area contributed by atoms with Gasteiger partial charge in [0, 0.05) is 18.8 Å². The number of amides is 1. The average molecular weight is 435 g/mol. The molecule has 30 heavy (non-hydrogen) atoms. The maximum atomic E-state index is 13.4. The first-order chi connectivity index (χ1) is 14.3. The Balaban J connectivity index is 1.77. The Morgan fingerprint density at radius 2 is 2.03 bits per heavy atom. The predicted octanol–water partition coefficient (Wildman–Crippen LogP) is 3.16. The largest absolute Gasteiger partial charge is 0.465 e. The molecule has 0 aliphatic carbocycles. The molecule has 10 nitrogen and oxygen atoms in total. The highest BCUT2D eigenvalue weighted by molar-refractivity contribution is 6.30. The summed E-state index contributed by atoms with van der Waals surface area (Å²) in [5, 5.41) is 10.4. The van der Waals surface area contributed by atoms with Crippen LogP contribution in [0.3, 0.4) is 0 Å². The number of aromatic nitrogens is 5. The summed E-state index contributed by atoms with van der Waals surface area (Å²) >= 11 is 5.94. The molecule has 0 spiro atoms. The predicted molar refractivity (Wildman–Crippen MR) is 103 cm³/mol. The molecule has 1 amide bonds. The minimum Gasteiger partial charge on any atom is -0.465 e. The van der Waals surface area contributed by atoms with E-state index in [1.807, 2.05) is 0 Å². The normalized spacial score (nSPS) is 11.6. The smallest absolute Gasteiger partial charge is 0.413 e. The highest BCUT2D eigenvalue weighted by Crippen LogP contribution is 2.27. The van der Waals surface area contributed by atoms with Crippen molar-refractivity contribution < 1.29 is 23.5 Å². The molecule has 0 fully saturated rings. The Bertz CT molecular complexity index is 1090. The van der Waals surface area contributed by atoms with Gasteiger partial charge in [-0.1, -0.05) is 16.8 Å². The lowest BCUT2D eigenvalue weighted by Crippen LogP contribution is -2.19. The van der Waals surface area contributed by atoms with Gasteiger partial charge in [0.1, 0.15) is 17.1 Å². The van der Waals surface area contributed by atoms with E-state index < -0.39 is 24.0 Å². The molecule has 12 heteroatoms. The summed E-state index contributed by atoms with van der Waals surface area (Å²) in [6.45, 7) is 1.53. The lowest BCUT2D eigenvalue weighted by molar-refractivity contribution is 0.0600. The van der Waals surface area contributed by atoms with Crippen molar-refractivity contribution in [2.45, 2.75) is 13.0 Å². The molecule has 0 saturated heterocycles. The Kier molecular flexibility index (Phi) is 6.21. The number of aryl methyl sites for hydroxylation is 1. The van der Waals surface area contributed by atoms with E-state index in [-0.39, 0.29) is 27.8 Å². The van der Waals surface area contributed by atoms with Crippen LogP contribution >= 0.6 is 11.6 Å². The first kappa shape index (κ1) is 21.1. The third-order valence-corrected chi connectivity index (χ3v) is 4.34. The first-order valence-corrected chi connectivity index (χ1v) is 8.91. The van der Waals surface area contributed by atoms with Gasteiger partial charge in [-0.3, -0.25) is 10.3 Å². The fourth-order valence-electron chi connectivity index (χ4n) is 2.52. The number of rotatable bonds is 5. The number of ether oxygens (including phenoxy) is 2. The van der Waals surface area contributed by atoms with Gasteiger partial charge in [0.15, 0.2) is 11.5 Å². The van der Waals surface area contributed by atoms with Gasteiger partial charge in [-0.2, -0.15) is 0 Å². The zero-order valence-electron chi connectivity index (χ0n) is 16.1. The van der Waals surface area contributed by atoms with Crippen LogP contribution in [0.25, 0.3) is 11.4 Å². The number of carbonyl (C=O) groups excluding carboxylic acids is 2. The van der Waals surface area contributed by atoms with Crippen molar-refractivity contribution in [1.82, 2.24) is 25.0 Å². The van der Waals surface area contributed by atoms with Crippen molar-refractivity contribution in [3.8, 4) is 11.4 Å². The highest BCUT2D eigenvalue weighted by atomic mass is 35.5. The molecule has 3 aromatic heterocycles. The van der Waals surface area contributed by atoms with Crippen molar-refractivity contribution in [2.24, 2.45) is 7.05 Å². The van der Waals surface area contributed by atoms with Crippen molar-refractivity contribution in [2.75, 3.05) is 12.4 Å². The van der Waals surface area contributed by atoms with Crippen LogP contribution in [0.5, 0.6) is 0 Å². The van der Waals surface area contributed by atoms with E-state index in [4.69, 9.17) is 16.3 Å². The molecule has 0 bridgehead atoms. The number of hydrogen-bond donors (Lipinski definition) is 1. The van der Waals surface area contributed by atoms with Crippen LogP contribution in [-0.2, 0) is 16.5 Å². The second-order valence-electron chi connectivity index (χ2n) is 6.04. The van der Waals surface area contributed by atoms with E-state index in [0.29, 0.717) is 5.69 Å². The minimum absolute atomic E-state index is 0.0227. The second-order valence-corrected chi connectivity index (χ2v) is 6.40. The summed E-state index contributed by atoms with van der Waals surface area (Å²) in [7, 11) is 2.83. The van der Waals surface area contributed by atoms with E-state index in [1.165, 1.54) is 37.0 Å². The minimum atomic E-state index is -0.872. The fraction of sp³-hybridized carbons (Fsp3) is 0.222. The van der Waals surface area contributed by atoms with Gasteiger partial charge >= 0.3 is 12.1 Å². The summed E-state index contributed by atoms with van der Waals surface area (Å²) in [6.07, 6.45) is 0.562. The maximum Gasteiger partial charge on any atom is 0.413 e. The Labute approximate surface area is 175 Å². The lowest BCUT2D eigenvalue weighted by Gasteiger charge is -2.15. The molecule has 1 unspecified atom stereocenters. The van der Waals surface area contributed by atoms with E-state index >= 15 is 0 Å². The van der Waals surface area contributed by atoms with Crippen LogP contribution in [0.4, 0.5) is 15.0 Å². The number of nitrogens with zero attached hydrogens (tertiary/aromatic N) is 5. The summed E-state index contributed by atoms with van der Waals surface area (Å²) in [5.74, 6) is -0.937. The third kappa shape index (κ3) is 4.51. The van der Waals surface area contributed by atoms with Crippen molar-refractivity contribution >= 4 is 29.5 Å². The monoisotopic (exact) mass is 434 g/mol. The maximum absolute atomic E-state index is 13.4. The molecule has 3 rings (SSSR count). The molecule has 1 atom stereocenters. The molecule has 0 radical (unpaired) electrons. The Morgan fingerprint density at radius 3 is 2.70 bits per heavy atom. The summed E-state index contributed by atoms with van der Waals surface area (Å²) < 4.78 is 24.6. The van der Waals surface area contributed by atoms with Crippen LogP contribution in [0.2, 0.25) is 5.15 Å². The van der Waals surface area contributed by atoms with Crippen LogP contribution in [0, 0.1) is 5.82 Å². The molecule has 1 N–H and O–H groups in total. The molecule has 3 aromatic rings. The van der Waals surface area contributed by atoms with Gasteiger partial charge in [0.25, 0.3) is 0 Å². The topological polar surface area (TPSA) is 121 Å². The van der Waals surface area contributed by atoms with Crippen molar-refractivity contribution in [3.63, 3.8) is 0 Å². The van der Waals surface area contributed by atoms with E-state index in [1.54, 1.807) is 7.05 Å². The van der Waals surface area contributed by atoms with Crippen LogP contribution in [-0.4, -0.2) is 44.1 Å². The number of halogens is 2. The van der Waals surface area contributed by atoms with Gasteiger partial charge in [-0.25, -0.2) is 23.6 Å². The zero-order valence-corrected chi connectivity index (χ0v) is 16.8. The van der Waals surface area contributed by atoms with E-state index in [0.717, 1.165) is 12.3 Å². The molecule has 0 aliphatic heterocycles. The highest BCUT2D eigenvalue weighted by Gasteiger charge is 2.21. The number of anilines is 1. The SMILES string of the molecule is COC(=O)c1ccc(-c2nnn(C)c2NC(=O)OC(C)c2cc(F)cnc2Cl)nc1. The number of methoxy groups -OCH3 is 1. The Hall–Kier alpha value is -3.60. The van der Waals surface area contributed by atoms with Gasteiger partial charge in [-0.15, -0.1) is 5.10 Å². The fourth-order valence-corrected chi connectivity index (χ4v) is 2.77. The molecule has 0 saturated carbocycles. The molecule has 3 heterocycles. The van der Waals surface area contributed by atoms with E-state index in [9.17, 15) is 14.0 Å². The van der Waals surface area contributed by atoms with Crippen LogP contribution in [0.1, 0.15) is 28.9 Å². The van der Waals surface area contributed by atoms with Crippen LogP contribution < -0.4 is 5.32 Å². The lowest BCUT2D eigenvalue weighted by atomic mass is 10.2. The quantitative estimate of drug-likeness (QED) is 0.480. The second kappa shape index (κ2) is 8.82. The van der Waals surface area contributed by atoms with Crippen molar-refractivity contribution in [3.05, 3.63) is 52.7 Å². The van der Waals surface area contributed by atoms with Gasteiger partial charge in [0.05, 0.1) is 24.6 Å². The number of carbonyl (C=O) groups is 2. The molecular formula is C18H16ClFN6O4. The van der Waals surface area contributed by atoms with Gasteiger partial charge in [-0.05, 0) is 25.1 Å². The third-order valence-electron chi connectivity index (χ3n) is 4.03. The molecule has 156 valence electrons. The van der Waals surface area contributed by atoms with Gasteiger partial charge < -0.3 is 9.47 Å². The molecular weight excluding hydrogens is 419 g/mol. The summed E-state index contributed by atoms with van der Waals surface area (Å²) in [5.41, 5.74) is 1.09. The number of esters is 1. The van der Waals surface area contributed by atoms with E-state index in [2.05, 4.69) is 30.3 Å². The number of hydrogen-bond acceptors (Lipinski definition) is 8. The number of pyridine rings is 2. The Morgan fingerprint density at radius 1 is 1.27 bits per heavy atom. The summed E-state index contributed by atoms with van der Waals surface area (Å²) in [4.78, 5) is 31.7.